The van der Waals surface area contributed by atoms with Crippen LogP contribution in [0.25, 0.3) is 11.4 Å². The van der Waals surface area contributed by atoms with Crippen LogP contribution in [-0.2, 0) is 5.54 Å². The molecule has 0 bridgehead atoms. The molecule has 1 aromatic carbocycles. The lowest BCUT2D eigenvalue weighted by Gasteiger charge is -2.22. The van der Waals surface area contributed by atoms with Gasteiger partial charge in [0.25, 0.3) is 0 Å². The van der Waals surface area contributed by atoms with Gasteiger partial charge in [-0.2, -0.15) is 13.9 Å². The zero-order valence-electron chi connectivity index (χ0n) is 11.4. The van der Waals surface area contributed by atoms with Crippen molar-refractivity contribution in [3.05, 3.63) is 29.0 Å². The minimum absolute atomic E-state index is 0.111. The van der Waals surface area contributed by atoms with Crippen LogP contribution in [0.5, 0.6) is 5.75 Å². The van der Waals surface area contributed by atoms with Crippen molar-refractivity contribution in [3.8, 4) is 17.1 Å². The van der Waals surface area contributed by atoms with E-state index in [0.717, 1.165) is 5.56 Å². The molecule has 0 unspecified atom stereocenters. The quantitative estimate of drug-likeness (QED) is 0.872. The maximum atomic E-state index is 12.1. The minimum Gasteiger partial charge on any atom is -0.435 e. The second kappa shape index (κ2) is 5.32. The Hall–Kier alpha value is -1.76. The second-order valence-corrected chi connectivity index (χ2v) is 5.65. The van der Waals surface area contributed by atoms with Crippen LogP contribution in [0.15, 0.2) is 24.3 Å². The maximum Gasteiger partial charge on any atom is 0.387 e. The molecule has 1 N–H and O–H groups in total. The summed E-state index contributed by atoms with van der Waals surface area (Å²) < 4.78 is 30.9. The van der Waals surface area contributed by atoms with E-state index in [1.807, 2.05) is 25.3 Å². The molecule has 108 valence electrons. The molecule has 0 radical (unpaired) electrons. The van der Waals surface area contributed by atoms with Crippen molar-refractivity contribution in [2.45, 2.75) is 32.9 Å². The van der Waals surface area contributed by atoms with Crippen molar-refractivity contribution in [2.75, 3.05) is 0 Å². The minimum atomic E-state index is -2.83. The molecule has 0 fully saturated rings. The number of hydrogen-bond donors (Lipinski definition) is 1. The Labute approximate surface area is 120 Å². The van der Waals surface area contributed by atoms with E-state index >= 15 is 0 Å². The van der Waals surface area contributed by atoms with Crippen LogP contribution >= 0.6 is 12.2 Å². The van der Waals surface area contributed by atoms with E-state index in [9.17, 15) is 8.78 Å². The monoisotopic (exact) mass is 299 g/mol. The summed E-state index contributed by atoms with van der Waals surface area (Å²) in [5.74, 6) is 0.770. The number of hydrogen-bond acceptors (Lipinski definition) is 3. The summed E-state index contributed by atoms with van der Waals surface area (Å²) in [4.78, 5) is 0. The number of aromatic nitrogens is 3. The van der Waals surface area contributed by atoms with Gasteiger partial charge in [-0.05, 0) is 57.3 Å². The summed E-state index contributed by atoms with van der Waals surface area (Å²) in [5.41, 5.74) is 0.534. The zero-order chi connectivity index (χ0) is 14.9. The topological polar surface area (TPSA) is 42.8 Å². The normalized spacial score (nSPS) is 11.9. The Kier molecular flexibility index (Phi) is 3.89. The van der Waals surface area contributed by atoms with Gasteiger partial charge in [0.2, 0.25) is 0 Å². The Balaban J connectivity index is 2.40. The smallest absolute Gasteiger partial charge is 0.387 e. The Morgan fingerprint density at radius 1 is 1.25 bits per heavy atom. The van der Waals surface area contributed by atoms with Crippen LogP contribution in [0.2, 0.25) is 0 Å². The van der Waals surface area contributed by atoms with E-state index in [2.05, 4.69) is 14.9 Å². The molecule has 20 heavy (non-hydrogen) atoms. The first-order valence-electron chi connectivity index (χ1n) is 6.02. The molecule has 0 amide bonds. The number of halogens is 2. The molecule has 2 aromatic rings. The van der Waals surface area contributed by atoms with E-state index in [4.69, 9.17) is 12.2 Å². The van der Waals surface area contributed by atoms with E-state index in [0.29, 0.717) is 10.6 Å². The van der Waals surface area contributed by atoms with Gasteiger partial charge >= 0.3 is 6.61 Å². The molecule has 2 rings (SSSR count). The third kappa shape index (κ3) is 3.04. The third-order valence-corrected chi connectivity index (χ3v) is 2.95. The number of aromatic amines is 1. The average Bonchev–Trinajstić information content (AvgIpc) is 2.71. The number of alkyl halides is 2. The lowest BCUT2D eigenvalue weighted by Crippen LogP contribution is -2.22. The van der Waals surface area contributed by atoms with Gasteiger partial charge in [-0.25, -0.2) is 0 Å². The van der Waals surface area contributed by atoms with E-state index in [-0.39, 0.29) is 11.3 Å². The molecule has 0 saturated carbocycles. The summed E-state index contributed by atoms with van der Waals surface area (Å²) in [7, 11) is 0. The van der Waals surface area contributed by atoms with Crippen LogP contribution in [0, 0.1) is 4.77 Å². The van der Waals surface area contributed by atoms with Crippen LogP contribution in [0.4, 0.5) is 8.78 Å². The fraction of sp³-hybridized carbons (Fsp3) is 0.385. The SMILES string of the molecule is CC(C)(C)n1c(-c2ccc(OC(F)F)cc2)n[nH]c1=S. The van der Waals surface area contributed by atoms with Crippen molar-refractivity contribution in [3.63, 3.8) is 0 Å². The second-order valence-electron chi connectivity index (χ2n) is 5.26. The van der Waals surface area contributed by atoms with Crippen molar-refractivity contribution in [1.29, 1.82) is 0 Å². The molecule has 1 heterocycles. The highest BCUT2D eigenvalue weighted by atomic mass is 32.1. The van der Waals surface area contributed by atoms with Gasteiger partial charge in [0.15, 0.2) is 10.6 Å². The van der Waals surface area contributed by atoms with E-state index in [1.54, 1.807) is 12.1 Å². The van der Waals surface area contributed by atoms with Crippen molar-refractivity contribution in [2.24, 2.45) is 0 Å². The standard InChI is InChI=1S/C13H15F2N3OS/c1-13(2,3)18-10(16-17-12(18)20)8-4-6-9(7-5-8)19-11(14)15/h4-7,11H,1-3H3,(H,17,20). The van der Waals surface area contributed by atoms with Gasteiger partial charge in [-0.3, -0.25) is 9.67 Å². The highest BCUT2D eigenvalue weighted by Crippen LogP contribution is 2.26. The van der Waals surface area contributed by atoms with Crippen molar-refractivity contribution < 1.29 is 13.5 Å². The molecular formula is C13H15F2N3OS. The number of nitrogens with one attached hydrogen (secondary N) is 1. The third-order valence-electron chi connectivity index (χ3n) is 2.68. The fourth-order valence-electron chi connectivity index (χ4n) is 1.90. The van der Waals surface area contributed by atoms with Gasteiger partial charge in [0.1, 0.15) is 5.75 Å². The summed E-state index contributed by atoms with van der Waals surface area (Å²) in [6.07, 6.45) is 0. The van der Waals surface area contributed by atoms with Gasteiger partial charge in [0, 0.05) is 11.1 Å². The fourth-order valence-corrected chi connectivity index (χ4v) is 2.30. The Morgan fingerprint density at radius 2 is 1.85 bits per heavy atom. The summed E-state index contributed by atoms with van der Waals surface area (Å²) in [6.45, 7) is 3.20. The first-order chi connectivity index (χ1) is 9.29. The molecule has 0 saturated heterocycles. The largest absolute Gasteiger partial charge is 0.435 e. The van der Waals surface area contributed by atoms with Crippen LogP contribution in [0.3, 0.4) is 0 Å². The molecular weight excluding hydrogens is 284 g/mol. The Morgan fingerprint density at radius 3 is 2.35 bits per heavy atom. The van der Waals surface area contributed by atoms with Crippen molar-refractivity contribution in [1.82, 2.24) is 14.8 Å². The molecule has 1 aromatic heterocycles. The van der Waals surface area contributed by atoms with Crippen LogP contribution < -0.4 is 4.74 Å². The molecule has 0 aliphatic rings. The molecule has 0 aliphatic carbocycles. The highest BCUT2D eigenvalue weighted by molar-refractivity contribution is 7.71. The van der Waals surface area contributed by atoms with Crippen LogP contribution in [0.1, 0.15) is 20.8 Å². The molecule has 0 aliphatic heterocycles. The first-order valence-corrected chi connectivity index (χ1v) is 6.43. The lowest BCUT2D eigenvalue weighted by atomic mass is 10.1. The van der Waals surface area contributed by atoms with Gasteiger partial charge in [-0.1, -0.05) is 0 Å². The Bertz CT molecular complexity index is 641. The molecule has 7 heteroatoms. The number of benzene rings is 1. The number of H-pyrrole nitrogens is 1. The van der Waals surface area contributed by atoms with Crippen LogP contribution in [-0.4, -0.2) is 21.4 Å². The summed E-state index contributed by atoms with van der Waals surface area (Å²) >= 11 is 5.22. The van der Waals surface area contributed by atoms with Gasteiger partial charge < -0.3 is 4.74 Å². The number of rotatable bonds is 3. The lowest BCUT2D eigenvalue weighted by molar-refractivity contribution is -0.0498. The maximum absolute atomic E-state index is 12.1. The zero-order valence-corrected chi connectivity index (χ0v) is 12.2. The van der Waals surface area contributed by atoms with Gasteiger partial charge in [0.05, 0.1) is 0 Å². The predicted octanol–water partition coefficient (Wildman–Crippen LogP) is 3.96. The van der Waals surface area contributed by atoms with E-state index < -0.39 is 6.61 Å². The summed E-state index contributed by atoms with van der Waals surface area (Å²) in [5, 5.41) is 6.95. The van der Waals surface area contributed by atoms with E-state index in [1.165, 1.54) is 12.1 Å². The first kappa shape index (κ1) is 14.6. The van der Waals surface area contributed by atoms with Crippen molar-refractivity contribution >= 4 is 12.2 Å². The van der Waals surface area contributed by atoms with Gasteiger partial charge in [-0.15, -0.1) is 0 Å². The molecule has 0 atom stereocenters. The summed E-state index contributed by atoms with van der Waals surface area (Å²) in [6, 6.07) is 6.30. The highest BCUT2D eigenvalue weighted by Gasteiger charge is 2.20. The average molecular weight is 299 g/mol. The predicted molar refractivity (Wildman–Crippen MR) is 74.5 cm³/mol. The number of ether oxygens (including phenoxy) is 1. The number of nitrogens with zero attached hydrogens (tertiary/aromatic N) is 2. The molecule has 4 nitrogen and oxygen atoms in total. The molecule has 0 spiro atoms.